The molecule has 2 heterocycles. The highest BCUT2D eigenvalue weighted by atomic mass is 16.2. The third-order valence-electron chi connectivity index (χ3n) is 3.60. The molecule has 5 heteroatoms. The van der Waals surface area contributed by atoms with Crippen molar-refractivity contribution in [2.75, 3.05) is 19.6 Å². The summed E-state index contributed by atoms with van der Waals surface area (Å²) in [5.41, 5.74) is -0.967. The van der Waals surface area contributed by atoms with E-state index in [1.807, 2.05) is 11.0 Å². The maximum atomic E-state index is 12.1. The van der Waals surface area contributed by atoms with Gasteiger partial charge >= 0.3 is 0 Å². The van der Waals surface area contributed by atoms with E-state index >= 15 is 0 Å². The van der Waals surface area contributed by atoms with E-state index in [-0.39, 0.29) is 17.9 Å². The van der Waals surface area contributed by atoms with Crippen LogP contribution < -0.4 is 0 Å². The predicted molar refractivity (Wildman–Crippen MR) is 60.7 cm³/mol. The van der Waals surface area contributed by atoms with Crippen molar-refractivity contribution in [3.8, 4) is 6.07 Å². The highest BCUT2D eigenvalue weighted by molar-refractivity contribution is 5.85. The van der Waals surface area contributed by atoms with Crippen molar-refractivity contribution in [2.24, 2.45) is 5.41 Å². The first kappa shape index (κ1) is 11.9. The molecule has 2 aliphatic rings. The minimum absolute atomic E-state index is 0.126. The summed E-state index contributed by atoms with van der Waals surface area (Å²) in [6, 6.07) is 2.20. The van der Waals surface area contributed by atoms with Crippen LogP contribution in [0, 0.1) is 16.7 Å². The van der Waals surface area contributed by atoms with E-state index in [4.69, 9.17) is 5.26 Å². The van der Waals surface area contributed by atoms with E-state index in [1.54, 1.807) is 18.7 Å². The largest absolute Gasteiger partial charge is 0.337 e. The van der Waals surface area contributed by atoms with Gasteiger partial charge in [-0.1, -0.05) is 0 Å². The van der Waals surface area contributed by atoms with E-state index in [0.29, 0.717) is 26.1 Å². The van der Waals surface area contributed by atoms with Crippen molar-refractivity contribution < 1.29 is 9.59 Å². The zero-order valence-corrected chi connectivity index (χ0v) is 10.3. The van der Waals surface area contributed by atoms with E-state index < -0.39 is 5.41 Å². The Morgan fingerprint density at radius 2 is 2.18 bits per heavy atom. The van der Waals surface area contributed by atoms with Crippen molar-refractivity contribution in [1.29, 1.82) is 5.26 Å². The van der Waals surface area contributed by atoms with E-state index in [9.17, 15) is 9.59 Å². The highest BCUT2D eigenvalue weighted by Crippen LogP contribution is 2.26. The van der Waals surface area contributed by atoms with Gasteiger partial charge in [0.25, 0.3) is 0 Å². The van der Waals surface area contributed by atoms with Crippen LogP contribution in [-0.4, -0.2) is 47.3 Å². The monoisotopic (exact) mass is 235 g/mol. The lowest BCUT2D eigenvalue weighted by molar-refractivity contribution is -0.143. The second-order valence-corrected chi connectivity index (χ2v) is 5.27. The molecule has 5 nitrogen and oxygen atoms in total. The Hall–Kier alpha value is -1.57. The van der Waals surface area contributed by atoms with Crippen LogP contribution in [0.4, 0.5) is 0 Å². The topological polar surface area (TPSA) is 64.4 Å². The van der Waals surface area contributed by atoms with Gasteiger partial charge in [0.05, 0.1) is 6.07 Å². The maximum absolute atomic E-state index is 12.1. The van der Waals surface area contributed by atoms with Gasteiger partial charge in [-0.25, -0.2) is 0 Å². The van der Waals surface area contributed by atoms with Gasteiger partial charge in [-0.05, 0) is 20.3 Å². The number of hydrogen-bond acceptors (Lipinski definition) is 3. The second-order valence-electron chi connectivity index (χ2n) is 5.27. The molecule has 1 atom stereocenters. The van der Waals surface area contributed by atoms with Crippen LogP contribution in [0.3, 0.4) is 0 Å². The Labute approximate surface area is 101 Å². The summed E-state index contributed by atoms with van der Waals surface area (Å²) in [7, 11) is 0. The minimum atomic E-state index is -0.967. The van der Waals surface area contributed by atoms with Crippen LogP contribution in [-0.2, 0) is 9.59 Å². The molecule has 2 saturated heterocycles. The fourth-order valence-electron chi connectivity index (χ4n) is 2.49. The van der Waals surface area contributed by atoms with Gasteiger partial charge in [0.1, 0.15) is 5.41 Å². The number of nitriles is 1. The van der Waals surface area contributed by atoms with Crippen molar-refractivity contribution >= 4 is 11.8 Å². The van der Waals surface area contributed by atoms with Crippen LogP contribution in [0.5, 0.6) is 0 Å². The van der Waals surface area contributed by atoms with Gasteiger partial charge in [0.15, 0.2) is 0 Å². The van der Waals surface area contributed by atoms with Crippen molar-refractivity contribution in [2.45, 2.75) is 32.7 Å². The molecule has 2 aliphatic heterocycles. The number of nitrogens with zero attached hydrogens (tertiary/aromatic N) is 3. The molecule has 2 amide bonds. The Bertz CT molecular complexity index is 397. The van der Waals surface area contributed by atoms with Crippen molar-refractivity contribution in [1.82, 2.24) is 9.80 Å². The van der Waals surface area contributed by atoms with E-state index in [0.717, 1.165) is 6.42 Å². The molecule has 1 unspecified atom stereocenters. The predicted octanol–water partition coefficient (Wildman–Crippen LogP) is 0.369. The van der Waals surface area contributed by atoms with Crippen molar-refractivity contribution in [3.05, 3.63) is 0 Å². The molecule has 0 aromatic rings. The van der Waals surface area contributed by atoms with Gasteiger partial charge in [-0.2, -0.15) is 5.26 Å². The molecular formula is C12H17N3O2. The SMILES string of the molecule is CC(C)(C#N)C(=O)N1CCN2C(=O)CCC2C1. The number of amides is 2. The van der Waals surface area contributed by atoms with Gasteiger partial charge in [-0.3, -0.25) is 9.59 Å². The van der Waals surface area contributed by atoms with E-state index in [2.05, 4.69) is 0 Å². The second kappa shape index (κ2) is 4.02. The highest BCUT2D eigenvalue weighted by Gasteiger charge is 2.40. The standard InChI is InChI=1S/C12H17N3O2/c1-12(2,8-13)11(17)14-5-6-15-9(7-14)3-4-10(15)16/h9H,3-7H2,1-2H3. The molecule has 92 valence electrons. The number of carbonyl (C=O) groups excluding carboxylic acids is 2. The summed E-state index contributed by atoms with van der Waals surface area (Å²) in [5, 5.41) is 8.96. The number of fused-ring (bicyclic) bond motifs is 1. The molecule has 0 spiro atoms. The van der Waals surface area contributed by atoms with Crippen LogP contribution >= 0.6 is 0 Å². The van der Waals surface area contributed by atoms with Crippen molar-refractivity contribution in [3.63, 3.8) is 0 Å². The zero-order valence-electron chi connectivity index (χ0n) is 10.3. The summed E-state index contributed by atoms with van der Waals surface area (Å²) in [6.45, 7) is 5.02. The number of rotatable bonds is 1. The van der Waals surface area contributed by atoms with Gasteiger partial charge in [0.2, 0.25) is 11.8 Å². The molecule has 0 N–H and O–H groups in total. The molecule has 2 rings (SSSR count). The third-order valence-corrected chi connectivity index (χ3v) is 3.60. The van der Waals surface area contributed by atoms with Crippen LogP contribution in [0.2, 0.25) is 0 Å². The quantitative estimate of drug-likeness (QED) is 0.659. The molecule has 2 fully saturated rings. The Balaban J connectivity index is 2.05. The Morgan fingerprint density at radius 3 is 2.82 bits per heavy atom. The summed E-state index contributed by atoms with van der Waals surface area (Å²) < 4.78 is 0. The average molecular weight is 235 g/mol. The molecule has 0 saturated carbocycles. The molecule has 0 aromatic heterocycles. The molecule has 0 bridgehead atoms. The molecular weight excluding hydrogens is 218 g/mol. The number of carbonyl (C=O) groups is 2. The summed E-state index contributed by atoms with van der Waals surface area (Å²) in [5.74, 6) is 0.0700. The Morgan fingerprint density at radius 1 is 1.47 bits per heavy atom. The summed E-state index contributed by atoms with van der Waals surface area (Å²) >= 11 is 0. The lowest BCUT2D eigenvalue weighted by atomic mass is 9.93. The van der Waals surface area contributed by atoms with E-state index in [1.165, 1.54) is 0 Å². The van der Waals surface area contributed by atoms with Gasteiger partial charge in [-0.15, -0.1) is 0 Å². The fourth-order valence-corrected chi connectivity index (χ4v) is 2.49. The van der Waals surface area contributed by atoms with Crippen LogP contribution in [0.25, 0.3) is 0 Å². The molecule has 0 aromatic carbocycles. The number of piperazine rings is 1. The normalized spacial score (nSPS) is 24.5. The zero-order chi connectivity index (χ0) is 12.6. The molecule has 17 heavy (non-hydrogen) atoms. The lowest BCUT2D eigenvalue weighted by Gasteiger charge is -2.39. The van der Waals surface area contributed by atoms with Crippen LogP contribution in [0.1, 0.15) is 26.7 Å². The molecule has 0 aliphatic carbocycles. The van der Waals surface area contributed by atoms with Gasteiger partial charge < -0.3 is 9.80 Å². The maximum Gasteiger partial charge on any atom is 0.242 e. The number of hydrogen-bond donors (Lipinski definition) is 0. The van der Waals surface area contributed by atoms with Crippen LogP contribution in [0.15, 0.2) is 0 Å². The first-order valence-electron chi connectivity index (χ1n) is 5.96. The Kier molecular flexibility index (Phi) is 2.82. The molecule has 0 radical (unpaired) electrons. The first-order valence-corrected chi connectivity index (χ1v) is 5.96. The fraction of sp³-hybridized carbons (Fsp3) is 0.750. The summed E-state index contributed by atoms with van der Waals surface area (Å²) in [6.07, 6.45) is 1.42. The summed E-state index contributed by atoms with van der Waals surface area (Å²) in [4.78, 5) is 27.2. The third kappa shape index (κ3) is 1.99. The lowest BCUT2D eigenvalue weighted by Crippen LogP contribution is -2.55. The average Bonchev–Trinajstić information content (AvgIpc) is 2.69. The first-order chi connectivity index (χ1) is 7.95. The minimum Gasteiger partial charge on any atom is -0.337 e. The van der Waals surface area contributed by atoms with Gasteiger partial charge in [0, 0.05) is 32.1 Å². The smallest absolute Gasteiger partial charge is 0.242 e.